The highest BCUT2D eigenvalue weighted by atomic mass is 16.3. The lowest BCUT2D eigenvalue weighted by Gasteiger charge is -2.37. The summed E-state index contributed by atoms with van der Waals surface area (Å²) in [5.74, 6) is 0. The van der Waals surface area contributed by atoms with E-state index in [0.717, 1.165) is 72.7 Å². The molecule has 1 atom stereocenters. The second-order valence-electron chi connectivity index (χ2n) is 36.8. The van der Waals surface area contributed by atoms with Crippen molar-refractivity contribution < 1.29 is 4.42 Å². The first-order valence-electron chi connectivity index (χ1n) is 37.4. The molecule has 1 aliphatic carbocycles. The van der Waals surface area contributed by atoms with Gasteiger partial charge in [-0.3, -0.25) is 0 Å². The molecule has 520 valence electrons. The molecule has 4 nitrogen and oxygen atoms in total. The van der Waals surface area contributed by atoms with Crippen LogP contribution in [0.4, 0.5) is 34.1 Å². The number of rotatable bonds is 9. The lowest BCUT2D eigenvalue weighted by molar-refractivity contribution is 0.589. The van der Waals surface area contributed by atoms with Gasteiger partial charge in [-0.2, -0.15) is 0 Å². The zero-order chi connectivity index (χ0) is 73.0. The van der Waals surface area contributed by atoms with Crippen molar-refractivity contribution in [3.8, 4) is 16.8 Å². The number of hydrogen-bond acceptors (Lipinski definition) is 3. The van der Waals surface area contributed by atoms with Crippen molar-refractivity contribution in [2.75, 3.05) is 9.80 Å². The predicted octanol–water partition coefficient (Wildman–Crippen LogP) is 28.2. The minimum absolute atomic E-state index is 0.00188. The molecule has 14 aromatic rings. The number of furan rings is 1. The lowest BCUT2D eigenvalue weighted by atomic mass is 9.66. The lowest BCUT2D eigenvalue weighted by Crippen LogP contribution is -2.29. The van der Waals surface area contributed by atoms with Gasteiger partial charge in [0.1, 0.15) is 5.58 Å². The highest BCUT2D eigenvalue weighted by Crippen LogP contribution is 2.64. The van der Waals surface area contributed by atoms with Gasteiger partial charge in [0.05, 0.1) is 27.8 Å². The van der Waals surface area contributed by atoms with Crippen molar-refractivity contribution in [3.05, 3.63) is 304 Å². The number of hydrogen-bond donors (Lipinski definition) is 0. The fourth-order valence-corrected chi connectivity index (χ4v) is 16.3. The van der Waals surface area contributed by atoms with E-state index in [2.05, 4.69) is 402 Å². The topological polar surface area (TPSA) is 24.6 Å². The second kappa shape index (κ2) is 24.1. The van der Waals surface area contributed by atoms with Gasteiger partial charge in [0.25, 0.3) is 0 Å². The molecule has 0 amide bonds. The van der Waals surface area contributed by atoms with Crippen LogP contribution < -0.4 is 9.80 Å². The molecule has 15 rings (SSSR count). The largest absolute Gasteiger partial charge is 0.454 e. The molecule has 2 aromatic heterocycles. The number of benzene rings is 12. The minimum atomic E-state index is -1.00. The van der Waals surface area contributed by atoms with E-state index in [1.807, 2.05) is 0 Å². The fourth-order valence-electron chi connectivity index (χ4n) is 16.3. The molecule has 4 heteroatoms. The number of aromatic nitrogens is 1. The summed E-state index contributed by atoms with van der Waals surface area (Å²) in [7, 11) is 0. The van der Waals surface area contributed by atoms with Crippen molar-refractivity contribution in [1.29, 1.82) is 0 Å². The fraction of sp³-hybridized carbons (Fsp3) is 0.293. The number of para-hydroxylation sites is 1. The average molecular weight is 1350 g/mol. The maximum absolute atomic E-state index is 7.66. The molecule has 0 bridgehead atoms. The van der Waals surface area contributed by atoms with Crippen LogP contribution in [0.25, 0.3) is 71.3 Å². The highest BCUT2D eigenvalue weighted by Gasteiger charge is 2.50. The van der Waals surface area contributed by atoms with E-state index in [1.165, 1.54) is 94.0 Å². The Kier molecular flexibility index (Phi) is 16.1. The summed E-state index contributed by atoms with van der Waals surface area (Å²) in [5.41, 5.74) is 26.2. The number of nitrogens with zero attached hydrogens (tertiary/aromatic N) is 3. The van der Waals surface area contributed by atoms with Gasteiger partial charge in [0.15, 0.2) is 5.58 Å². The van der Waals surface area contributed by atoms with Crippen LogP contribution >= 0.6 is 0 Å². The van der Waals surface area contributed by atoms with Crippen LogP contribution in [-0.2, 0) is 43.3 Å². The van der Waals surface area contributed by atoms with Crippen molar-refractivity contribution in [3.63, 3.8) is 0 Å². The summed E-state index contributed by atoms with van der Waals surface area (Å²) in [6, 6.07) is 94.6. The van der Waals surface area contributed by atoms with Gasteiger partial charge < -0.3 is 18.8 Å². The molecule has 0 aliphatic heterocycles. The second-order valence-corrected chi connectivity index (χ2v) is 36.8. The van der Waals surface area contributed by atoms with Crippen LogP contribution in [0.3, 0.4) is 0 Å². The first-order valence-corrected chi connectivity index (χ1v) is 37.4. The molecule has 12 aromatic carbocycles. The van der Waals surface area contributed by atoms with E-state index in [1.54, 1.807) is 0 Å². The quantitative estimate of drug-likeness (QED) is 0.144. The van der Waals surface area contributed by atoms with Gasteiger partial charge in [-0.1, -0.05) is 285 Å². The van der Waals surface area contributed by atoms with Crippen molar-refractivity contribution in [1.82, 2.24) is 4.57 Å². The molecule has 0 N–H and O–H groups in total. The van der Waals surface area contributed by atoms with Crippen LogP contribution in [0.5, 0.6) is 0 Å². The smallest absolute Gasteiger partial charge is 0.160 e. The van der Waals surface area contributed by atoms with E-state index in [0.29, 0.717) is 0 Å². The van der Waals surface area contributed by atoms with Gasteiger partial charge in [-0.25, -0.2) is 0 Å². The van der Waals surface area contributed by atoms with Gasteiger partial charge in [0.2, 0.25) is 0 Å². The van der Waals surface area contributed by atoms with E-state index in [9.17, 15) is 0 Å². The average Bonchev–Trinajstić information content (AvgIpc) is 1.50. The van der Waals surface area contributed by atoms with Crippen LogP contribution in [0.15, 0.2) is 247 Å². The highest BCUT2D eigenvalue weighted by molar-refractivity contribution is 6.24. The van der Waals surface area contributed by atoms with Gasteiger partial charge in [0, 0.05) is 55.4 Å². The third-order valence-electron chi connectivity index (χ3n) is 22.4. The molecule has 1 unspecified atom stereocenters. The molecule has 0 fully saturated rings. The molecule has 2 heterocycles. The summed E-state index contributed by atoms with van der Waals surface area (Å²) in [6.07, 6.45) is 0. The van der Waals surface area contributed by atoms with Crippen molar-refractivity contribution >= 4 is 88.6 Å². The molecular weight excluding hydrogens is 1250 g/mol. The molecule has 0 radical (unpaired) electrons. The summed E-state index contributed by atoms with van der Waals surface area (Å²) in [6.45, 7) is 48.6. The summed E-state index contributed by atoms with van der Waals surface area (Å²) < 4.78 is 10.2. The first kappa shape index (κ1) is 68.8. The summed E-state index contributed by atoms with van der Waals surface area (Å²) in [4.78, 5) is 5.04. The van der Waals surface area contributed by atoms with Gasteiger partial charge in [-0.05, 0) is 219 Å². The standard InChI is InChI=1S/C99H103N3O/c1-92(2,3)62-30-32-68(33-31-62)99(70-45-57-84-80(59-70)79-58-69(98(19,20)21)44-56-83(79)102(84)75-54-42-67(43-55-75)97(16,17)18)81-60-85(100(71-46-34-63(35-47-71)93(4,5)6)72-48-36-64(37-49-72)94(7,8)9)76-26-22-23-27-77(76)88(81)90-82(99)61-86(91-89(90)78-28-24-25-29-87(78)103-91)101(73-50-38-65(39-51-73)95(10,11)12)74-52-40-66(41-53-74)96(13,14)15/h22-61H,1-21H3. The van der Waals surface area contributed by atoms with Crippen LogP contribution in [-0.4, -0.2) is 4.57 Å². The molecule has 103 heavy (non-hydrogen) atoms. The molecular formula is C99H103N3O. The van der Waals surface area contributed by atoms with E-state index in [-0.39, 0.29) is 37.9 Å². The molecule has 0 spiro atoms. The Morgan fingerprint density at radius 3 is 1.07 bits per heavy atom. The normalized spacial score (nSPS) is 14.7. The van der Waals surface area contributed by atoms with Gasteiger partial charge >= 0.3 is 0 Å². The van der Waals surface area contributed by atoms with Crippen LogP contribution in [0.2, 0.25) is 0 Å². The van der Waals surface area contributed by atoms with Crippen molar-refractivity contribution in [2.45, 2.75) is 189 Å². The molecule has 0 saturated heterocycles. The Balaban J connectivity index is 1.16. The monoisotopic (exact) mass is 1350 g/mol. The van der Waals surface area contributed by atoms with Crippen LogP contribution in [0.1, 0.15) is 207 Å². The Morgan fingerprint density at radius 1 is 0.282 bits per heavy atom. The zero-order valence-corrected chi connectivity index (χ0v) is 64.8. The SMILES string of the molecule is CC(C)(C)c1ccc(N(c2ccc(C(C)(C)C)cc2)c2cc3c(c4ccccc24)-c2c(cc(N(c4ccc(C(C)(C)C)cc4)c4ccc(C(C)(C)C)cc4)c4oc5ccccc5c24)C3(c2ccc(C(C)(C)C)cc2)c2ccc3c(c2)c2cc(C(C)(C)C)ccc2n3-c2ccc(C(C)(C)C)cc2)cc1. The zero-order valence-electron chi connectivity index (χ0n) is 64.8. The predicted molar refractivity (Wildman–Crippen MR) is 443 cm³/mol. The first-order chi connectivity index (χ1) is 48.5. The third kappa shape index (κ3) is 11.8. The number of fused-ring (bicyclic) bond motifs is 12. The van der Waals surface area contributed by atoms with E-state index >= 15 is 0 Å². The Morgan fingerprint density at radius 2 is 0.621 bits per heavy atom. The van der Waals surface area contributed by atoms with Gasteiger partial charge in [-0.15, -0.1) is 0 Å². The summed E-state index contributed by atoms with van der Waals surface area (Å²) >= 11 is 0. The van der Waals surface area contributed by atoms with Crippen LogP contribution in [0, 0.1) is 0 Å². The molecule has 1 aliphatic rings. The Bertz CT molecular complexity index is 5480. The Labute approximate surface area is 613 Å². The van der Waals surface area contributed by atoms with E-state index < -0.39 is 5.41 Å². The third-order valence-corrected chi connectivity index (χ3v) is 22.4. The number of anilines is 6. The summed E-state index contributed by atoms with van der Waals surface area (Å²) in [5, 5.41) is 6.92. The minimum Gasteiger partial charge on any atom is -0.454 e. The Hall–Kier alpha value is -9.90. The maximum Gasteiger partial charge on any atom is 0.160 e. The maximum atomic E-state index is 7.66. The molecule has 0 saturated carbocycles. The van der Waals surface area contributed by atoms with Crippen molar-refractivity contribution in [2.24, 2.45) is 0 Å². The van der Waals surface area contributed by atoms with E-state index in [4.69, 9.17) is 4.42 Å².